The van der Waals surface area contributed by atoms with Crippen molar-refractivity contribution in [2.24, 2.45) is 0 Å². The molecular formula is C33H34F6O3S. The summed E-state index contributed by atoms with van der Waals surface area (Å²) < 4.78 is 107. The summed E-state index contributed by atoms with van der Waals surface area (Å²) in [5, 5.41) is 0. The third-order valence-electron chi connectivity index (χ3n) is 7.24. The molecule has 0 aromatic heterocycles. The summed E-state index contributed by atoms with van der Waals surface area (Å²) >= 11 is 4.33. The summed E-state index contributed by atoms with van der Waals surface area (Å²) in [6, 6.07) is 5.37. The molecule has 0 N–H and O–H groups in total. The predicted molar refractivity (Wildman–Crippen MR) is 160 cm³/mol. The van der Waals surface area contributed by atoms with Crippen LogP contribution in [0.2, 0.25) is 0 Å². The van der Waals surface area contributed by atoms with Gasteiger partial charge in [-0.25, -0.2) is 17.6 Å². The van der Waals surface area contributed by atoms with Gasteiger partial charge in [0.25, 0.3) is 0 Å². The van der Waals surface area contributed by atoms with Crippen LogP contribution in [0.5, 0.6) is 23.0 Å². The van der Waals surface area contributed by atoms with E-state index in [4.69, 9.17) is 14.2 Å². The number of hydrogen-bond acceptors (Lipinski definition) is 4. The van der Waals surface area contributed by atoms with Crippen molar-refractivity contribution in [2.75, 3.05) is 7.11 Å². The third-order valence-corrected chi connectivity index (χ3v) is 7.61. The standard InChI is InChI=1S/C31H28F6O3S.C2H6/c1-5-31(3,6-2)40-30-23(33)15-21(26(35)28(30)37)20-14-22(32)29(27(36)25(20)34)39-24-12-9-17(38-4)13-19(24)16-7-10-18(41)11-8-16;1-2/h7,9-10,12-15,41H,5-6,8,11H2,1-4H3;1-2H3. The Hall–Kier alpha value is -3.53. The molecule has 0 amide bonds. The molecule has 3 aromatic carbocycles. The van der Waals surface area contributed by atoms with Crippen molar-refractivity contribution in [3.63, 3.8) is 0 Å². The Morgan fingerprint density at radius 1 is 0.744 bits per heavy atom. The van der Waals surface area contributed by atoms with Gasteiger partial charge in [-0.05, 0) is 73.4 Å². The van der Waals surface area contributed by atoms with Crippen LogP contribution in [-0.2, 0) is 0 Å². The number of halogens is 6. The number of benzene rings is 3. The lowest BCUT2D eigenvalue weighted by atomic mass is 9.96. The lowest BCUT2D eigenvalue weighted by Crippen LogP contribution is -2.31. The smallest absolute Gasteiger partial charge is 0.204 e. The molecule has 0 heterocycles. The second-order valence-corrected chi connectivity index (χ2v) is 10.4. The van der Waals surface area contributed by atoms with Gasteiger partial charge in [-0.1, -0.05) is 39.8 Å². The summed E-state index contributed by atoms with van der Waals surface area (Å²) in [6.45, 7) is 9.04. The zero-order valence-electron chi connectivity index (χ0n) is 24.8. The minimum Gasteiger partial charge on any atom is -0.497 e. The van der Waals surface area contributed by atoms with Crippen LogP contribution in [0.3, 0.4) is 0 Å². The van der Waals surface area contributed by atoms with E-state index in [0.29, 0.717) is 49.1 Å². The number of hydrogen-bond donors (Lipinski definition) is 1. The highest BCUT2D eigenvalue weighted by atomic mass is 32.1. The zero-order valence-corrected chi connectivity index (χ0v) is 25.7. The maximum atomic E-state index is 15.3. The average Bonchev–Trinajstić information content (AvgIpc) is 3.02. The summed E-state index contributed by atoms with van der Waals surface area (Å²) in [7, 11) is 1.45. The maximum absolute atomic E-state index is 15.3. The van der Waals surface area contributed by atoms with E-state index >= 15 is 17.6 Å². The van der Waals surface area contributed by atoms with Crippen LogP contribution in [0, 0.1) is 34.9 Å². The minimum atomic E-state index is -1.80. The SMILES string of the molecule is CC.CCC(C)(CC)Oc1c(F)cc(-c2cc(F)c(Oc3ccc(OC)cc3C3=CC=C(S)CC3)c(F)c2F)c(F)c1F. The lowest BCUT2D eigenvalue weighted by Gasteiger charge is -2.29. The molecule has 10 heteroatoms. The van der Waals surface area contributed by atoms with Gasteiger partial charge in [0, 0.05) is 16.7 Å². The van der Waals surface area contributed by atoms with Gasteiger partial charge in [-0.15, -0.1) is 12.6 Å². The largest absolute Gasteiger partial charge is 0.497 e. The first kappa shape index (κ1) is 34.0. The zero-order chi connectivity index (χ0) is 32.1. The number of rotatable bonds is 9. The van der Waals surface area contributed by atoms with E-state index in [2.05, 4.69) is 12.6 Å². The second-order valence-electron chi connectivity index (χ2n) is 9.80. The topological polar surface area (TPSA) is 27.7 Å². The van der Waals surface area contributed by atoms with Crippen LogP contribution in [0.25, 0.3) is 16.7 Å². The molecule has 3 aromatic rings. The molecule has 1 aliphatic carbocycles. The normalized spacial score (nSPS) is 13.0. The van der Waals surface area contributed by atoms with Gasteiger partial charge in [-0.3, -0.25) is 0 Å². The lowest BCUT2D eigenvalue weighted by molar-refractivity contribution is 0.0692. The number of ether oxygens (including phenoxy) is 3. The highest BCUT2D eigenvalue weighted by molar-refractivity contribution is 7.84. The fourth-order valence-corrected chi connectivity index (χ4v) is 4.50. The molecule has 0 unspecified atom stereocenters. The predicted octanol–water partition coefficient (Wildman–Crippen LogP) is 11.0. The first-order valence-electron chi connectivity index (χ1n) is 13.9. The highest BCUT2D eigenvalue weighted by Crippen LogP contribution is 2.42. The summed E-state index contributed by atoms with van der Waals surface area (Å²) in [5.74, 6) is -11.5. The van der Waals surface area contributed by atoms with Crippen molar-refractivity contribution in [1.29, 1.82) is 0 Å². The van der Waals surface area contributed by atoms with E-state index in [1.165, 1.54) is 19.2 Å². The van der Waals surface area contributed by atoms with Crippen molar-refractivity contribution in [1.82, 2.24) is 0 Å². The second kappa shape index (κ2) is 14.3. The van der Waals surface area contributed by atoms with E-state index in [0.717, 1.165) is 10.5 Å². The number of methoxy groups -OCH3 is 1. The summed E-state index contributed by atoms with van der Waals surface area (Å²) in [6.07, 6.45) is 5.43. The van der Waals surface area contributed by atoms with E-state index in [-0.39, 0.29) is 5.75 Å². The quantitative estimate of drug-likeness (QED) is 0.146. The maximum Gasteiger partial charge on any atom is 0.204 e. The van der Waals surface area contributed by atoms with E-state index in [1.807, 2.05) is 13.8 Å². The molecule has 43 heavy (non-hydrogen) atoms. The van der Waals surface area contributed by atoms with E-state index in [9.17, 15) is 8.78 Å². The molecule has 1 aliphatic rings. The van der Waals surface area contributed by atoms with Crippen LogP contribution in [-0.4, -0.2) is 12.7 Å². The molecule has 0 atom stereocenters. The van der Waals surface area contributed by atoms with Gasteiger partial charge in [-0.2, -0.15) is 8.78 Å². The monoisotopic (exact) mass is 624 g/mol. The Balaban J connectivity index is 0.00000248. The van der Waals surface area contributed by atoms with Crippen molar-refractivity contribution in [2.45, 2.75) is 65.9 Å². The molecule has 0 fully saturated rings. The minimum absolute atomic E-state index is 0.00215. The van der Waals surface area contributed by atoms with Crippen molar-refractivity contribution < 1.29 is 40.6 Å². The molecule has 4 rings (SSSR count). The van der Waals surface area contributed by atoms with Crippen LogP contribution in [0.1, 0.15) is 65.9 Å². The van der Waals surface area contributed by atoms with Crippen molar-refractivity contribution in [3.8, 4) is 34.1 Å². The highest BCUT2D eigenvalue weighted by Gasteiger charge is 2.31. The van der Waals surface area contributed by atoms with Gasteiger partial charge >= 0.3 is 0 Å². The summed E-state index contributed by atoms with van der Waals surface area (Å²) in [5.41, 5.74) is -1.85. The van der Waals surface area contributed by atoms with Gasteiger partial charge < -0.3 is 14.2 Å². The Kier molecular flexibility index (Phi) is 11.3. The average molecular weight is 625 g/mol. The summed E-state index contributed by atoms with van der Waals surface area (Å²) in [4.78, 5) is 0.846. The van der Waals surface area contributed by atoms with Gasteiger partial charge in [0.2, 0.25) is 17.4 Å². The van der Waals surface area contributed by atoms with Crippen molar-refractivity contribution in [3.05, 3.63) is 87.9 Å². The van der Waals surface area contributed by atoms with Crippen LogP contribution >= 0.6 is 12.6 Å². The van der Waals surface area contributed by atoms with Crippen LogP contribution in [0.4, 0.5) is 26.3 Å². The molecule has 0 saturated carbocycles. The van der Waals surface area contributed by atoms with Crippen LogP contribution in [0.15, 0.2) is 47.4 Å². The molecule has 3 nitrogen and oxygen atoms in total. The van der Waals surface area contributed by atoms with E-state index < -0.39 is 63.1 Å². The molecule has 0 saturated heterocycles. The molecule has 0 bridgehead atoms. The molecule has 0 aliphatic heterocycles. The van der Waals surface area contributed by atoms with Gasteiger partial charge in [0.05, 0.1) is 7.11 Å². The van der Waals surface area contributed by atoms with Crippen molar-refractivity contribution >= 4 is 18.2 Å². The van der Waals surface area contributed by atoms with E-state index in [1.54, 1.807) is 39.0 Å². The van der Waals surface area contributed by atoms with Gasteiger partial charge in [0.1, 0.15) is 17.1 Å². The molecule has 232 valence electrons. The first-order chi connectivity index (χ1) is 20.4. The van der Waals surface area contributed by atoms with Crippen LogP contribution < -0.4 is 14.2 Å². The fourth-order valence-electron chi connectivity index (χ4n) is 4.31. The number of allylic oxidation sites excluding steroid dienone is 4. The molecule has 0 spiro atoms. The Labute approximate surface area is 253 Å². The van der Waals surface area contributed by atoms with Gasteiger partial charge in [0.15, 0.2) is 29.0 Å². The Morgan fingerprint density at radius 2 is 1.30 bits per heavy atom. The first-order valence-corrected chi connectivity index (χ1v) is 14.4. The molecular weight excluding hydrogens is 590 g/mol. The molecule has 0 radical (unpaired) electrons. The Bertz CT molecular complexity index is 1550. The third kappa shape index (κ3) is 7.17. The fraction of sp³-hybridized carbons (Fsp3) is 0.333. The number of thiol groups is 1. The Morgan fingerprint density at radius 3 is 1.81 bits per heavy atom.